The summed E-state index contributed by atoms with van der Waals surface area (Å²) in [6.45, 7) is -0.243. The number of hydrogen-bond acceptors (Lipinski definition) is 4. The summed E-state index contributed by atoms with van der Waals surface area (Å²) in [6.07, 6.45) is 4.98. The summed E-state index contributed by atoms with van der Waals surface area (Å²) in [6, 6.07) is 17.3. The van der Waals surface area contributed by atoms with Crippen LogP contribution in [0, 0.1) is 23.7 Å². The quantitative estimate of drug-likeness (QED) is 0.617. The van der Waals surface area contributed by atoms with E-state index < -0.39 is 0 Å². The lowest BCUT2D eigenvalue weighted by Crippen LogP contribution is -2.39. The van der Waals surface area contributed by atoms with Gasteiger partial charge in [-0.05, 0) is 42.5 Å². The maximum Gasteiger partial charge on any atom is 0.244 e. The van der Waals surface area contributed by atoms with Crippen molar-refractivity contribution in [2.75, 3.05) is 23.8 Å². The van der Waals surface area contributed by atoms with E-state index >= 15 is 0 Å². The molecule has 6 heteroatoms. The van der Waals surface area contributed by atoms with Crippen LogP contribution in [0.1, 0.15) is 6.42 Å². The van der Waals surface area contributed by atoms with Gasteiger partial charge in [-0.15, -0.1) is 0 Å². The van der Waals surface area contributed by atoms with Crippen LogP contribution in [0.4, 0.5) is 17.1 Å². The number of likely N-dealkylation sites (tertiary alicyclic amines) is 1. The van der Waals surface area contributed by atoms with E-state index in [1.165, 1.54) is 0 Å². The highest BCUT2D eigenvalue weighted by Gasteiger charge is 2.59. The van der Waals surface area contributed by atoms with Crippen molar-refractivity contribution < 1.29 is 14.4 Å². The van der Waals surface area contributed by atoms with Gasteiger partial charge >= 0.3 is 0 Å². The predicted molar refractivity (Wildman–Crippen MR) is 114 cm³/mol. The van der Waals surface area contributed by atoms with Gasteiger partial charge in [-0.25, -0.2) is 0 Å². The first-order valence-corrected chi connectivity index (χ1v) is 10.3. The van der Waals surface area contributed by atoms with Gasteiger partial charge in [0.15, 0.2) is 0 Å². The molecule has 1 aliphatic heterocycles. The Morgan fingerprint density at radius 1 is 0.967 bits per heavy atom. The molecule has 3 aliphatic rings. The number of fused-ring (bicyclic) bond motifs is 5. The van der Waals surface area contributed by atoms with Gasteiger partial charge in [0.25, 0.3) is 0 Å². The molecule has 5 rings (SSSR count). The van der Waals surface area contributed by atoms with Crippen molar-refractivity contribution in [2.45, 2.75) is 6.42 Å². The number of anilines is 3. The van der Waals surface area contributed by atoms with Crippen LogP contribution in [0.15, 0.2) is 66.7 Å². The Kier molecular flexibility index (Phi) is 4.42. The molecule has 2 fully saturated rings. The second-order valence-electron chi connectivity index (χ2n) is 8.22. The average Bonchev–Trinajstić information content (AvgIpc) is 3.44. The second kappa shape index (κ2) is 7.13. The zero-order chi connectivity index (χ0) is 20.8. The van der Waals surface area contributed by atoms with Gasteiger partial charge in [0.05, 0.1) is 23.2 Å². The average molecular weight is 401 g/mol. The van der Waals surface area contributed by atoms with Crippen molar-refractivity contribution in [2.24, 2.45) is 23.7 Å². The van der Waals surface area contributed by atoms with Crippen molar-refractivity contribution in [3.8, 4) is 0 Å². The normalized spacial score (nSPS) is 26.2. The number of hydrogen-bond donors (Lipinski definition) is 1. The van der Waals surface area contributed by atoms with Gasteiger partial charge in [-0.2, -0.15) is 0 Å². The number of nitrogens with one attached hydrogen (secondary N) is 1. The van der Waals surface area contributed by atoms with E-state index in [9.17, 15) is 14.4 Å². The minimum absolute atomic E-state index is 0.143. The SMILES string of the molecule is CN(c1ccccc1)c1ccccc1NC(=O)CN1C(=O)[C@@H]2[C@@H](C1=O)[C@H]1C=C[C@@H]2C1. The van der Waals surface area contributed by atoms with E-state index in [0.717, 1.165) is 22.7 Å². The number of imide groups is 1. The van der Waals surface area contributed by atoms with Gasteiger partial charge in [0, 0.05) is 12.7 Å². The van der Waals surface area contributed by atoms with E-state index in [0.29, 0.717) is 5.69 Å². The summed E-state index contributed by atoms with van der Waals surface area (Å²) in [5.41, 5.74) is 2.45. The number of para-hydroxylation sites is 3. The number of benzene rings is 2. The van der Waals surface area contributed by atoms with Crippen molar-refractivity contribution >= 4 is 34.8 Å². The second-order valence-corrected chi connectivity index (χ2v) is 8.22. The Balaban J connectivity index is 1.31. The van der Waals surface area contributed by atoms with Crippen LogP contribution < -0.4 is 10.2 Å². The highest BCUT2D eigenvalue weighted by Crippen LogP contribution is 2.52. The van der Waals surface area contributed by atoms with E-state index in [2.05, 4.69) is 17.5 Å². The molecule has 0 spiro atoms. The fourth-order valence-electron chi connectivity index (χ4n) is 5.12. The van der Waals surface area contributed by atoms with E-state index in [1.54, 1.807) is 0 Å². The Morgan fingerprint density at radius 2 is 1.57 bits per heavy atom. The molecule has 3 amide bonds. The molecular weight excluding hydrogens is 378 g/mol. The van der Waals surface area contributed by atoms with Gasteiger partial charge in [-0.3, -0.25) is 19.3 Å². The number of nitrogens with zero attached hydrogens (tertiary/aromatic N) is 2. The molecule has 2 bridgehead atoms. The van der Waals surface area contributed by atoms with Crippen LogP contribution in [0.3, 0.4) is 0 Å². The maximum absolute atomic E-state index is 12.8. The first kappa shape index (κ1) is 18.6. The molecule has 1 heterocycles. The highest BCUT2D eigenvalue weighted by atomic mass is 16.2. The van der Waals surface area contributed by atoms with Crippen LogP contribution in [0.25, 0.3) is 0 Å². The summed E-state index contributed by atoms with van der Waals surface area (Å²) in [5.74, 6) is -1.05. The maximum atomic E-state index is 12.8. The lowest BCUT2D eigenvalue weighted by atomic mass is 9.85. The monoisotopic (exact) mass is 401 g/mol. The van der Waals surface area contributed by atoms with Gasteiger partial charge in [0.1, 0.15) is 6.54 Å². The Labute approximate surface area is 175 Å². The summed E-state index contributed by atoms with van der Waals surface area (Å²) in [7, 11) is 1.93. The van der Waals surface area contributed by atoms with Crippen LogP contribution in [0.5, 0.6) is 0 Å². The highest BCUT2D eigenvalue weighted by molar-refractivity contribution is 6.10. The van der Waals surface area contributed by atoms with E-state index in [4.69, 9.17) is 0 Å². The first-order chi connectivity index (χ1) is 14.5. The molecule has 2 aliphatic carbocycles. The zero-order valence-electron chi connectivity index (χ0n) is 16.7. The minimum atomic E-state index is -0.370. The summed E-state index contributed by atoms with van der Waals surface area (Å²) < 4.78 is 0. The molecule has 1 saturated heterocycles. The predicted octanol–water partition coefficient (Wildman–Crippen LogP) is 3.20. The van der Waals surface area contributed by atoms with E-state index in [1.807, 2.05) is 66.5 Å². The van der Waals surface area contributed by atoms with Crippen LogP contribution in [-0.4, -0.2) is 36.2 Å². The molecule has 0 radical (unpaired) electrons. The van der Waals surface area contributed by atoms with Crippen LogP contribution in [-0.2, 0) is 14.4 Å². The number of allylic oxidation sites excluding steroid dienone is 2. The van der Waals surface area contributed by atoms with Gasteiger partial charge in [0.2, 0.25) is 17.7 Å². The number of rotatable bonds is 5. The molecule has 30 heavy (non-hydrogen) atoms. The fourth-order valence-corrected chi connectivity index (χ4v) is 5.12. The Bertz CT molecular complexity index is 1020. The molecule has 1 saturated carbocycles. The summed E-state index contributed by atoms with van der Waals surface area (Å²) in [5, 5.41) is 2.89. The topological polar surface area (TPSA) is 69.7 Å². The summed E-state index contributed by atoms with van der Waals surface area (Å²) >= 11 is 0. The van der Waals surface area contributed by atoms with Crippen molar-refractivity contribution in [1.29, 1.82) is 0 Å². The fraction of sp³-hybridized carbons (Fsp3) is 0.292. The summed E-state index contributed by atoms with van der Waals surface area (Å²) in [4.78, 5) is 41.5. The lowest BCUT2D eigenvalue weighted by Gasteiger charge is -2.23. The zero-order valence-corrected chi connectivity index (χ0v) is 16.7. The molecule has 2 aromatic carbocycles. The Morgan fingerprint density at radius 3 is 2.23 bits per heavy atom. The van der Waals surface area contributed by atoms with Crippen molar-refractivity contribution in [3.63, 3.8) is 0 Å². The van der Waals surface area contributed by atoms with Crippen molar-refractivity contribution in [3.05, 3.63) is 66.7 Å². The molecule has 0 aromatic heterocycles. The number of amides is 3. The molecule has 6 nitrogen and oxygen atoms in total. The molecule has 1 N–H and O–H groups in total. The molecule has 152 valence electrons. The molecule has 2 aromatic rings. The van der Waals surface area contributed by atoms with E-state index in [-0.39, 0.29) is 47.9 Å². The molecular formula is C24H23N3O3. The van der Waals surface area contributed by atoms with Gasteiger partial charge < -0.3 is 10.2 Å². The standard InChI is InChI=1S/C24H23N3O3/c1-26(17-7-3-2-4-8-17)19-10-6-5-9-18(19)25-20(28)14-27-23(29)21-15-11-12-16(13-15)22(21)24(27)30/h2-12,15-16,21-22H,13-14H2,1H3,(H,25,28)/t15-,16+,21-,22-/m0/s1. The Hall–Kier alpha value is -3.41. The molecule has 0 unspecified atom stereocenters. The van der Waals surface area contributed by atoms with Crippen LogP contribution >= 0.6 is 0 Å². The largest absolute Gasteiger partial charge is 0.343 e. The number of carbonyl (C=O) groups is 3. The third kappa shape index (κ3) is 2.91. The minimum Gasteiger partial charge on any atom is -0.343 e. The number of carbonyl (C=O) groups excluding carboxylic acids is 3. The van der Waals surface area contributed by atoms with Crippen molar-refractivity contribution in [1.82, 2.24) is 4.90 Å². The van der Waals surface area contributed by atoms with Gasteiger partial charge in [-0.1, -0.05) is 42.5 Å². The first-order valence-electron chi connectivity index (χ1n) is 10.3. The third-order valence-corrected chi connectivity index (χ3v) is 6.55. The lowest BCUT2D eigenvalue weighted by molar-refractivity contribution is -0.143. The molecule has 4 atom stereocenters. The van der Waals surface area contributed by atoms with Crippen LogP contribution in [0.2, 0.25) is 0 Å². The smallest absolute Gasteiger partial charge is 0.244 e. The third-order valence-electron chi connectivity index (χ3n) is 6.55.